The van der Waals surface area contributed by atoms with Gasteiger partial charge in [0.25, 0.3) is 0 Å². The molecule has 100 valence electrons. The molecule has 0 radical (unpaired) electrons. The van der Waals surface area contributed by atoms with Crippen molar-refractivity contribution in [3.63, 3.8) is 0 Å². The van der Waals surface area contributed by atoms with Crippen LogP contribution in [0, 0.1) is 17.8 Å². The number of nitrogens with one attached hydrogen (secondary N) is 1. The molecule has 0 aromatic heterocycles. The Hall–Kier alpha value is -1.84. The Kier molecular flexibility index (Phi) is 3.01. The molecule has 19 heavy (non-hydrogen) atoms. The maximum absolute atomic E-state index is 12.0. The number of amides is 1. The maximum Gasteiger partial charge on any atom is 0.335 e. The molecule has 2 saturated carbocycles. The van der Waals surface area contributed by atoms with E-state index in [9.17, 15) is 9.59 Å². The number of fused-ring (bicyclic) bond motifs is 1. The smallest absolute Gasteiger partial charge is 0.335 e. The Morgan fingerprint density at radius 1 is 1.16 bits per heavy atom. The van der Waals surface area contributed by atoms with E-state index in [1.165, 1.54) is 19.3 Å². The standard InChI is InChI=1S/C15H17NO3/c17-14(13-11-2-1-3-12(11)13)16-8-9-4-6-10(7-5-9)15(18)19/h4-7,11-13H,1-3,8H2,(H,16,17)(H,18,19). The number of carbonyl (C=O) groups excluding carboxylic acids is 1. The summed E-state index contributed by atoms with van der Waals surface area (Å²) in [6, 6.07) is 6.63. The molecule has 4 heteroatoms. The summed E-state index contributed by atoms with van der Waals surface area (Å²) < 4.78 is 0. The zero-order valence-electron chi connectivity index (χ0n) is 10.6. The minimum absolute atomic E-state index is 0.164. The van der Waals surface area contributed by atoms with E-state index in [1.54, 1.807) is 24.3 Å². The van der Waals surface area contributed by atoms with Crippen LogP contribution < -0.4 is 5.32 Å². The van der Waals surface area contributed by atoms with Crippen molar-refractivity contribution >= 4 is 11.9 Å². The first-order valence-corrected chi connectivity index (χ1v) is 6.77. The molecule has 2 N–H and O–H groups in total. The van der Waals surface area contributed by atoms with Gasteiger partial charge in [-0.15, -0.1) is 0 Å². The van der Waals surface area contributed by atoms with Gasteiger partial charge >= 0.3 is 5.97 Å². The fourth-order valence-electron chi connectivity index (χ4n) is 3.28. The van der Waals surface area contributed by atoms with Crippen LogP contribution in [-0.4, -0.2) is 17.0 Å². The summed E-state index contributed by atoms with van der Waals surface area (Å²) in [5, 5.41) is 11.7. The van der Waals surface area contributed by atoms with Crippen LogP contribution in [0.5, 0.6) is 0 Å². The highest BCUT2D eigenvalue weighted by atomic mass is 16.4. The van der Waals surface area contributed by atoms with E-state index in [4.69, 9.17) is 5.11 Å². The topological polar surface area (TPSA) is 66.4 Å². The quantitative estimate of drug-likeness (QED) is 0.869. The highest BCUT2D eigenvalue weighted by Gasteiger charge is 2.56. The van der Waals surface area contributed by atoms with Crippen LogP contribution in [0.1, 0.15) is 35.2 Å². The van der Waals surface area contributed by atoms with Gasteiger partial charge in [0.05, 0.1) is 5.56 Å². The van der Waals surface area contributed by atoms with Crippen molar-refractivity contribution in [1.29, 1.82) is 0 Å². The Morgan fingerprint density at radius 2 is 1.79 bits per heavy atom. The van der Waals surface area contributed by atoms with Gasteiger partial charge in [0.15, 0.2) is 0 Å². The summed E-state index contributed by atoms with van der Waals surface area (Å²) in [5.74, 6) is 0.745. The van der Waals surface area contributed by atoms with Crippen molar-refractivity contribution < 1.29 is 14.7 Å². The van der Waals surface area contributed by atoms with Crippen LogP contribution in [0.3, 0.4) is 0 Å². The number of hydrogen-bond donors (Lipinski definition) is 2. The second-order valence-electron chi connectivity index (χ2n) is 5.50. The molecular weight excluding hydrogens is 242 g/mol. The van der Waals surface area contributed by atoms with Crippen LogP contribution in [0.4, 0.5) is 0 Å². The molecule has 0 bridgehead atoms. The van der Waals surface area contributed by atoms with Gasteiger partial charge in [-0.2, -0.15) is 0 Å². The molecule has 2 fully saturated rings. The van der Waals surface area contributed by atoms with Crippen LogP contribution >= 0.6 is 0 Å². The number of carboxylic acid groups (broad SMARTS) is 1. The number of aromatic carboxylic acids is 1. The van der Waals surface area contributed by atoms with E-state index in [-0.39, 0.29) is 17.4 Å². The summed E-state index contributed by atoms with van der Waals surface area (Å²) in [7, 11) is 0. The molecule has 2 aliphatic rings. The Bertz CT molecular complexity index is 499. The summed E-state index contributed by atoms with van der Waals surface area (Å²) in [6.07, 6.45) is 3.68. The summed E-state index contributed by atoms with van der Waals surface area (Å²) in [4.78, 5) is 22.7. The second-order valence-corrected chi connectivity index (χ2v) is 5.50. The predicted molar refractivity (Wildman–Crippen MR) is 69.6 cm³/mol. The zero-order valence-corrected chi connectivity index (χ0v) is 10.6. The number of rotatable bonds is 4. The lowest BCUT2D eigenvalue weighted by atomic mass is 10.1. The molecule has 4 nitrogen and oxygen atoms in total. The van der Waals surface area contributed by atoms with Gasteiger partial charge in [0.1, 0.15) is 0 Å². The minimum Gasteiger partial charge on any atom is -0.478 e. The third-order valence-electron chi connectivity index (χ3n) is 4.38. The number of carbonyl (C=O) groups is 2. The van der Waals surface area contributed by atoms with Crippen LogP contribution in [0.2, 0.25) is 0 Å². The van der Waals surface area contributed by atoms with Crippen molar-refractivity contribution in [1.82, 2.24) is 5.32 Å². The van der Waals surface area contributed by atoms with Crippen LogP contribution in [-0.2, 0) is 11.3 Å². The van der Waals surface area contributed by atoms with E-state index in [1.807, 2.05) is 0 Å². The summed E-state index contributed by atoms with van der Waals surface area (Å²) in [6.45, 7) is 0.481. The fourth-order valence-corrected chi connectivity index (χ4v) is 3.28. The molecule has 0 saturated heterocycles. The van der Waals surface area contributed by atoms with Crippen molar-refractivity contribution in [3.05, 3.63) is 35.4 Å². The zero-order chi connectivity index (χ0) is 13.4. The van der Waals surface area contributed by atoms with Gasteiger partial charge in [-0.1, -0.05) is 18.6 Å². The molecule has 1 aromatic rings. The number of hydrogen-bond acceptors (Lipinski definition) is 2. The second kappa shape index (κ2) is 4.68. The van der Waals surface area contributed by atoms with Gasteiger partial charge in [0, 0.05) is 12.5 Å². The van der Waals surface area contributed by atoms with E-state index < -0.39 is 5.97 Å². The lowest BCUT2D eigenvalue weighted by molar-refractivity contribution is -0.123. The molecule has 2 unspecified atom stereocenters. The summed E-state index contributed by atoms with van der Waals surface area (Å²) in [5.41, 5.74) is 1.20. The summed E-state index contributed by atoms with van der Waals surface area (Å²) >= 11 is 0. The van der Waals surface area contributed by atoms with Crippen molar-refractivity contribution in [2.24, 2.45) is 17.8 Å². The molecule has 1 aromatic carbocycles. The van der Waals surface area contributed by atoms with Crippen LogP contribution in [0.25, 0.3) is 0 Å². The SMILES string of the molecule is O=C(O)c1ccc(CNC(=O)C2C3CCCC32)cc1. The Morgan fingerprint density at radius 3 is 2.37 bits per heavy atom. The largest absolute Gasteiger partial charge is 0.478 e. The van der Waals surface area contributed by atoms with Gasteiger partial charge in [-0.05, 0) is 42.4 Å². The van der Waals surface area contributed by atoms with E-state index >= 15 is 0 Å². The normalized spacial score (nSPS) is 27.7. The molecule has 0 aliphatic heterocycles. The first-order valence-electron chi connectivity index (χ1n) is 6.77. The van der Waals surface area contributed by atoms with E-state index in [0.29, 0.717) is 18.4 Å². The maximum atomic E-state index is 12.0. The molecule has 1 amide bonds. The molecule has 2 aliphatic carbocycles. The average Bonchev–Trinajstić information content (AvgIpc) is 2.89. The Labute approximate surface area is 111 Å². The van der Waals surface area contributed by atoms with E-state index in [0.717, 1.165) is 5.56 Å². The van der Waals surface area contributed by atoms with Crippen molar-refractivity contribution in [2.45, 2.75) is 25.8 Å². The van der Waals surface area contributed by atoms with Gasteiger partial charge in [-0.3, -0.25) is 4.79 Å². The molecule has 3 rings (SSSR count). The first kappa shape index (κ1) is 12.2. The van der Waals surface area contributed by atoms with Crippen molar-refractivity contribution in [3.8, 4) is 0 Å². The highest BCUT2D eigenvalue weighted by molar-refractivity contribution is 5.87. The lowest BCUT2D eigenvalue weighted by Gasteiger charge is -2.07. The monoisotopic (exact) mass is 259 g/mol. The van der Waals surface area contributed by atoms with Crippen molar-refractivity contribution in [2.75, 3.05) is 0 Å². The van der Waals surface area contributed by atoms with Gasteiger partial charge < -0.3 is 10.4 Å². The van der Waals surface area contributed by atoms with Crippen LogP contribution in [0.15, 0.2) is 24.3 Å². The minimum atomic E-state index is -0.929. The van der Waals surface area contributed by atoms with Gasteiger partial charge in [-0.25, -0.2) is 4.79 Å². The fraction of sp³-hybridized carbons (Fsp3) is 0.467. The first-order chi connectivity index (χ1) is 9.16. The number of benzene rings is 1. The molecular formula is C15H17NO3. The van der Waals surface area contributed by atoms with E-state index in [2.05, 4.69) is 5.32 Å². The molecule has 0 heterocycles. The lowest BCUT2D eigenvalue weighted by Crippen LogP contribution is -2.26. The average molecular weight is 259 g/mol. The highest BCUT2D eigenvalue weighted by Crippen LogP contribution is 2.57. The third-order valence-corrected chi connectivity index (χ3v) is 4.38. The molecule has 2 atom stereocenters. The third kappa shape index (κ3) is 2.35. The molecule has 0 spiro atoms. The van der Waals surface area contributed by atoms with Gasteiger partial charge in [0.2, 0.25) is 5.91 Å². The Balaban J connectivity index is 1.52. The number of carboxylic acids is 1. The predicted octanol–water partition coefficient (Wildman–Crippen LogP) is 2.05.